The predicted molar refractivity (Wildman–Crippen MR) is 70.3 cm³/mol. The smallest absolute Gasteiger partial charge is 0.121 e. The predicted octanol–water partition coefficient (Wildman–Crippen LogP) is 2.88. The SMILES string of the molecule is COc1ccc(NC(C2CC2)C2CC2)c(N)c1. The van der Waals surface area contributed by atoms with Crippen LogP contribution in [0.2, 0.25) is 0 Å². The summed E-state index contributed by atoms with van der Waals surface area (Å²) < 4.78 is 5.17. The van der Waals surface area contributed by atoms with E-state index < -0.39 is 0 Å². The fourth-order valence-electron chi connectivity index (χ4n) is 2.51. The third-order valence-corrected chi connectivity index (χ3v) is 3.84. The number of nitrogens with two attached hydrogens (primary N) is 1. The summed E-state index contributed by atoms with van der Waals surface area (Å²) in [5.74, 6) is 2.58. The number of hydrogen-bond acceptors (Lipinski definition) is 3. The summed E-state index contributed by atoms with van der Waals surface area (Å²) in [6, 6.07) is 6.53. The Morgan fingerprint density at radius 2 is 1.88 bits per heavy atom. The molecule has 3 nitrogen and oxygen atoms in total. The molecule has 0 amide bonds. The van der Waals surface area contributed by atoms with Gasteiger partial charge in [0.25, 0.3) is 0 Å². The topological polar surface area (TPSA) is 47.3 Å². The van der Waals surface area contributed by atoms with Crippen molar-refractivity contribution in [1.29, 1.82) is 0 Å². The second-order valence-electron chi connectivity index (χ2n) is 5.30. The number of nitrogens with one attached hydrogen (secondary N) is 1. The Balaban J connectivity index is 1.74. The van der Waals surface area contributed by atoms with Crippen LogP contribution < -0.4 is 15.8 Å². The Labute approximate surface area is 102 Å². The summed E-state index contributed by atoms with van der Waals surface area (Å²) in [6.07, 6.45) is 5.52. The van der Waals surface area contributed by atoms with Crippen molar-refractivity contribution in [1.82, 2.24) is 0 Å². The van der Waals surface area contributed by atoms with Crippen LogP contribution in [0.4, 0.5) is 11.4 Å². The van der Waals surface area contributed by atoms with Crippen LogP contribution in [-0.2, 0) is 0 Å². The van der Waals surface area contributed by atoms with Gasteiger partial charge in [0.05, 0.1) is 18.5 Å². The van der Waals surface area contributed by atoms with E-state index in [4.69, 9.17) is 10.5 Å². The minimum absolute atomic E-state index is 0.644. The first-order valence-electron chi connectivity index (χ1n) is 6.48. The van der Waals surface area contributed by atoms with Crippen LogP contribution in [0.25, 0.3) is 0 Å². The first-order valence-corrected chi connectivity index (χ1v) is 6.48. The molecule has 2 aliphatic carbocycles. The Morgan fingerprint density at radius 3 is 2.35 bits per heavy atom. The largest absolute Gasteiger partial charge is 0.497 e. The Morgan fingerprint density at radius 1 is 1.24 bits per heavy atom. The average Bonchev–Trinajstić information content (AvgIpc) is 3.18. The van der Waals surface area contributed by atoms with E-state index in [0.717, 1.165) is 29.0 Å². The molecule has 2 aliphatic rings. The van der Waals surface area contributed by atoms with E-state index in [0.29, 0.717) is 6.04 Å². The van der Waals surface area contributed by atoms with Crippen molar-refractivity contribution < 1.29 is 4.74 Å². The molecular formula is C14H20N2O. The fourth-order valence-corrected chi connectivity index (χ4v) is 2.51. The number of hydrogen-bond donors (Lipinski definition) is 2. The van der Waals surface area contributed by atoms with E-state index in [2.05, 4.69) is 5.32 Å². The molecule has 0 heterocycles. The lowest BCUT2D eigenvalue weighted by molar-refractivity contribution is 0.415. The van der Waals surface area contributed by atoms with Gasteiger partial charge in [0, 0.05) is 12.1 Å². The van der Waals surface area contributed by atoms with Gasteiger partial charge in [0.15, 0.2) is 0 Å². The van der Waals surface area contributed by atoms with Gasteiger partial charge < -0.3 is 15.8 Å². The van der Waals surface area contributed by atoms with E-state index in [-0.39, 0.29) is 0 Å². The van der Waals surface area contributed by atoms with Gasteiger partial charge in [-0.3, -0.25) is 0 Å². The lowest BCUT2D eigenvalue weighted by Crippen LogP contribution is -2.24. The molecule has 0 spiro atoms. The van der Waals surface area contributed by atoms with E-state index in [1.807, 2.05) is 18.2 Å². The molecule has 1 aromatic rings. The summed E-state index contributed by atoms with van der Waals surface area (Å²) in [5.41, 5.74) is 7.90. The third kappa shape index (κ3) is 2.33. The van der Waals surface area contributed by atoms with Crippen LogP contribution in [0, 0.1) is 11.8 Å². The molecule has 17 heavy (non-hydrogen) atoms. The van der Waals surface area contributed by atoms with Crippen molar-refractivity contribution in [3.05, 3.63) is 18.2 Å². The lowest BCUT2D eigenvalue weighted by Gasteiger charge is -2.20. The van der Waals surface area contributed by atoms with Crippen molar-refractivity contribution in [2.24, 2.45) is 11.8 Å². The van der Waals surface area contributed by atoms with Crippen LogP contribution in [0.3, 0.4) is 0 Å². The zero-order valence-corrected chi connectivity index (χ0v) is 10.3. The maximum Gasteiger partial charge on any atom is 0.121 e. The highest BCUT2D eigenvalue weighted by Crippen LogP contribution is 2.46. The van der Waals surface area contributed by atoms with Crippen LogP contribution in [0.15, 0.2) is 18.2 Å². The number of benzene rings is 1. The third-order valence-electron chi connectivity index (χ3n) is 3.84. The molecule has 0 aliphatic heterocycles. The van der Waals surface area contributed by atoms with Crippen LogP contribution >= 0.6 is 0 Å². The minimum Gasteiger partial charge on any atom is -0.497 e. The van der Waals surface area contributed by atoms with Gasteiger partial charge in [-0.05, 0) is 49.7 Å². The van der Waals surface area contributed by atoms with Crippen LogP contribution in [0.1, 0.15) is 25.7 Å². The molecule has 2 saturated carbocycles. The molecule has 3 rings (SSSR count). The zero-order valence-electron chi connectivity index (χ0n) is 10.3. The molecule has 0 bridgehead atoms. The van der Waals surface area contributed by atoms with Gasteiger partial charge in [-0.15, -0.1) is 0 Å². The summed E-state index contributed by atoms with van der Waals surface area (Å²) in [7, 11) is 1.67. The van der Waals surface area contributed by atoms with Gasteiger partial charge in [0.2, 0.25) is 0 Å². The fraction of sp³-hybridized carbons (Fsp3) is 0.571. The summed E-state index contributed by atoms with van der Waals surface area (Å²) in [6.45, 7) is 0. The Kier molecular flexibility index (Phi) is 2.61. The van der Waals surface area contributed by atoms with E-state index >= 15 is 0 Å². The van der Waals surface area contributed by atoms with Crippen molar-refractivity contribution in [2.75, 3.05) is 18.2 Å². The Hall–Kier alpha value is -1.38. The number of nitrogen functional groups attached to an aromatic ring is 1. The molecule has 3 heteroatoms. The molecule has 92 valence electrons. The molecule has 0 unspecified atom stereocenters. The molecule has 2 fully saturated rings. The molecule has 0 saturated heterocycles. The minimum atomic E-state index is 0.644. The van der Waals surface area contributed by atoms with Crippen molar-refractivity contribution >= 4 is 11.4 Å². The number of methoxy groups -OCH3 is 1. The molecule has 0 atom stereocenters. The molecule has 0 radical (unpaired) electrons. The van der Waals surface area contributed by atoms with Crippen molar-refractivity contribution in [3.8, 4) is 5.75 Å². The number of anilines is 2. The van der Waals surface area contributed by atoms with Gasteiger partial charge >= 0.3 is 0 Å². The van der Waals surface area contributed by atoms with Crippen LogP contribution in [-0.4, -0.2) is 13.2 Å². The quantitative estimate of drug-likeness (QED) is 0.767. The van der Waals surface area contributed by atoms with E-state index in [9.17, 15) is 0 Å². The van der Waals surface area contributed by atoms with Gasteiger partial charge in [-0.1, -0.05) is 0 Å². The van der Waals surface area contributed by atoms with Crippen LogP contribution in [0.5, 0.6) is 5.75 Å². The number of ether oxygens (including phenoxy) is 1. The summed E-state index contributed by atoms with van der Waals surface area (Å²) >= 11 is 0. The summed E-state index contributed by atoms with van der Waals surface area (Å²) in [5, 5.41) is 3.64. The van der Waals surface area contributed by atoms with Gasteiger partial charge in [-0.2, -0.15) is 0 Å². The highest BCUT2D eigenvalue weighted by atomic mass is 16.5. The first kappa shape index (κ1) is 10.8. The Bertz CT molecular complexity index is 399. The standard InChI is InChI=1S/C14H20N2O/c1-17-11-6-7-13(12(15)8-11)16-14(9-2-3-9)10-4-5-10/h6-10,14,16H,2-5,15H2,1H3. The molecule has 3 N–H and O–H groups in total. The second kappa shape index (κ2) is 4.13. The molecule has 1 aromatic carbocycles. The maximum absolute atomic E-state index is 6.04. The van der Waals surface area contributed by atoms with Gasteiger partial charge in [0.1, 0.15) is 5.75 Å². The second-order valence-corrected chi connectivity index (χ2v) is 5.30. The van der Waals surface area contributed by atoms with E-state index in [1.165, 1.54) is 25.7 Å². The zero-order chi connectivity index (χ0) is 11.8. The normalized spacial score (nSPS) is 19.4. The summed E-state index contributed by atoms with van der Waals surface area (Å²) in [4.78, 5) is 0. The van der Waals surface area contributed by atoms with E-state index in [1.54, 1.807) is 7.11 Å². The van der Waals surface area contributed by atoms with Crippen molar-refractivity contribution in [3.63, 3.8) is 0 Å². The average molecular weight is 232 g/mol. The highest BCUT2D eigenvalue weighted by molar-refractivity contribution is 5.68. The highest BCUT2D eigenvalue weighted by Gasteiger charge is 2.41. The maximum atomic E-state index is 6.04. The lowest BCUT2D eigenvalue weighted by atomic mass is 10.1. The molecule has 0 aromatic heterocycles. The number of rotatable bonds is 5. The molecular weight excluding hydrogens is 212 g/mol. The monoisotopic (exact) mass is 232 g/mol. The van der Waals surface area contributed by atoms with Gasteiger partial charge in [-0.25, -0.2) is 0 Å². The van der Waals surface area contributed by atoms with Crippen molar-refractivity contribution in [2.45, 2.75) is 31.7 Å². The first-order chi connectivity index (χ1) is 8.28.